The molecule has 1 aliphatic heterocycles. The summed E-state index contributed by atoms with van der Waals surface area (Å²) in [7, 11) is 0.172. The number of carbonyl (C=O) groups is 1. The number of hydrogen-bond acceptors (Lipinski definition) is 7. The Bertz CT molecular complexity index is 1230. The summed E-state index contributed by atoms with van der Waals surface area (Å²) in [6.07, 6.45) is 0.245. The molecule has 0 spiro atoms. The number of benzene rings is 2. The van der Waals surface area contributed by atoms with Crippen molar-refractivity contribution in [3.63, 3.8) is 0 Å². The summed E-state index contributed by atoms with van der Waals surface area (Å²) in [5.41, 5.74) is -0.306. The molecule has 1 aliphatic rings. The van der Waals surface area contributed by atoms with E-state index in [2.05, 4.69) is 15.4 Å². The Labute approximate surface area is 203 Å². The van der Waals surface area contributed by atoms with Gasteiger partial charge in [0, 0.05) is 19.5 Å². The van der Waals surface area contributed by atoms with E-state index >= 15 is 0 Å². The number of amides is 1. The fourth-order valence-electron chi connectivity index (χ4n) is 3.57. The lowest BCUT2D eigenvalue weighted by Crippen LogP contribution is -2.55. The van der Waals surface area contributed by atoms with Gasteiger partial charge in [-0.05, 0) is 55.9 Å². The molecule has 2 aromatic rings. The number of fused-ring (bicyclic) bond motifs is 1. The van der Waals surface area contributed by atoms with Gasteiger partial charge in [0.05, 0.1) is 25.8 Å². The second-order valence-electron chi connectivity index (χ2n) is 8.08. The Hall–Kier alpha value is -3.12. The average molecular weight is 512 g/mol. The minimum absolute atomic E-state index is 0.0341. The first kappa shape index (κ1) is 25.5. The topological polar surface area (TPSA) is 115 Å². The SMILES string of the molecule is CNC(=S)NS(=O)(=O)c1cc2c(cc1OC)OC(C)(C)C(NC(=O)c1cc(F)ccc1OC)C2. The van der Waals surface area contributed by atoms with Crippen LogP contribution in [0, 0.1) is 5.82 Å². The lowest BCUT2D eigenvalue weighted by atomic mass is 9.88. The average Bonchev–Trinajstić information content (AvgIpc) is 2.77. The van der Waals surface area contributed by atoms with Crippen LogP contribution < -0.4 is 29.6 Å². The first-order valence-electron chi connectivity index (χ1n) is 10.2. The Morgan fingerprint density at radius 2 is 1.85 bits per heavy atom. The summed E-state index contributed by atoms with van der Waals surface area (Å²) < 4.78 is 58.3. The van der Waals surface area contributed by atoms with E-state index < -0.39 is 33.4 Å². The van der Waals surface area contributed by atoms with Crippen LogP contribution in [0.1, 0.15) is 29.8 Å². The quantitative estimate of drug-likeness (QED) is 0.506. The van der Waals surface area contributed by atoms with E-state index in [1.807, 2.05) is 0 Å². The molecule has 1 amide bonds. The summed E-state index contributed by atoms with van der Waals surface area (Å²) in [6, 6.07) is 5.99. The molecule has 1 atom stereocenters. The van der Waals surface area contributed by atoms with Gasteiger partial charge < -0.3 is 24.8 Å². The zero-order chi connectivity index (χ0) is 25.3. The molecule has 34 heavy (non-hydrogen) atoms. The largest absolute Gasteiger partial charge is 0.496 e. The summed E-state index contributed by atoms with van der Waals surface area (Å²) in [5, 5.41) is 5.33. The molecule has 1 heterocycles. The van der Waals surface area contributed by atoms with Crippen molar-refractivity contribution in [1.82, 2.24) is 15.4 Å². The summed E-state index contributed by atoms with van der Waals surface area (Å²) in [4.78, 5) is 12.8. The third-order valence-electron chi connectivity index (χ3n) is 5.44. The number of thiocarbonyl (C=S) groups is 1. The number of nitrogens with one attached hydrogen (secondary N) is 3. The van der Waals surface area contributed by atoms with Crippen LogP contribution in [0.3, 0.4) is 0 Å². The van der Waals surface area contributed by atoms with E-state index in [0.29, 0.717) is 11.3 Å². The molecule has 0 saturated heterocycles. The molecule has 2 aromatic carbocycles. The van der Waals surface area contributed by atoms with Gasteiger partial charge in [0.25, 0.3) is 15.9 Å². The number of ether oxygens (including phenoxy) is 3. The molecule has 3 rings (SSSR count). The lowest BCUT2D eigenvalue weighted by Gasteiger charge is -2.40. The molecule has 184 valence electrons. The molecule has 9 nitrogen and oxygen atoms in total. The molecule has 0 aromatic heterocycles. The minimum Gasteiger partial charge on any atom is -0.496 e. The highest BCUT2D eigenvalue weighted by molar-refractivity contribution is 7.92. The molecule has 0 bridgehead atoms. The first-order valence-corrected chi connectivity index (χ1v) is 12.1. The minimum atomic E-state index is -4.05. The van der Waals surface area contributed by atoms with Crippen LogP contribution in [0.15, 0.2) is 35.2 Å². The number of methoxy groups -OCH3 is 2. The predicted octanol–water partition coefficient (Wildman–Crippen LogP) is 2.14. The van der Waals surface area contributed by atoms with E-state index in [0.717, 1.165) is 6.07 Å². The van der Waals surface area contributed by atoms with E-state index in [4.69, 9.17) is 26.4 Å². The van der Waals surface area contributed by atoms with Gasteiger partial charge in [-0.2, -0.15) is 0 Å². The summed E-state index contributed by atoms with van der Waals surface area (Å²) in [6.45, 7) is 3.57. The lowest BCUT2D eigenvalue weighted by molar-refractivity contribution is 0.0435. The number of carbonyl (C=O) groups excluding carboxylic acids is 1. The molecule has 0 saturated carbocycles. The normalized spacial score (nSPS) is 16.5. The molecule has 0 aliphatic carbocycles. The van der Waals surface area contributed by atoms with Crippen molar-refractivity contribution in [2.75, 3.05) is 21.3 Å². The molecule has 12 heteroatoms. The third kappa shape index (κ3) is 5.17. The van der Waals surface area contributed by atoms with Gasteiger partial charge in [-0.15, -0.1) is 0 Å². The molecule has 1 unspecified atom stereocenters. The molecular formula is C22H26FN3O6S2. The van der Waals surface area contributed by atoms with Gasteiger partial charge in [-0.25, -0.2) is 12.8 Å². The van der Waals surface area contributed by atoms with Crippen LogP contribution in [-0.4, -0.2) is 52.3 Å². The zero-order valence-electron chi connectivity index (χ0n) is 19.3. The molecule has 0 fully saturated rings. The standard InChI is InChI=1S/C22H26FN3O6S2/c1-22(2)19(25-20(27)14-10-13(23)6-7-15(14)30-4)9-12-8-18(17(31-5)11-16(12)32-22)34(28,29)26-21(33)24-3/h6-8,10-11,19H,9H2,1-5H3,(H,25,27)(H2,24,26,33). The smallest absolute Gasteiger partial charge is 0.267 e. The van der Waals surface area contributed by atoms with Crippen molar-refractivity contribution in [1.29, 1.82) is 0 Å². The first-order chi connectivity index (χ1) is 15.9. The summed E-state index contributed by atoms with van der Waals surface area (Å²) >= 11 is 4.92. The highest BCUT2D eigenvalue weighted by Crippen LogP contribution is 2.39. The Morgan fingerprint density at radius 3 is 2.47 bits per heavy atom. The van der Waals surface area contributed by atoms with E-state index in [9.17, 15) is 17.6 Å². The van der Waals surface area contributed by atoms with E-state index in [1.165, 1.54) is 45.5 Å². The highest BCUT2D eigenvalue weighted by Gasteiger charge is 2.39. The van der Waals surface area contributed by atoms with Crippen LogP contribution in [0.25, 0.3) is 0 Å². The second kappa shape index (κ2) is 9.63. The number of sulfonamides is 1. The number of hydrogen-bond donors (Lipinski definition) is 3. The highest BCUT2D eigenvalue weighted by atomic mass is 32.2. The van der Waals surface area contributed by atoms with Gasteiger partial charge in [0.2, 0.25) is 0 Å². The van der Waals surface area contributed by atoms with Crippen LogP contribution in [0.2, 0.25) is 0 Å². The number of halogens is 1. The maximum absolute atomic E-state index is 13.8. The van der Waals surface area contributed by atoms with Crippen LogP contribution in [0.4, 0.5) is 4.39 Å². The van der Waals surface area contributed by atoms with Crippen molar-refractivity contribution >= 4 is 33.3 Å². The maximum Gasteiger partial charge on any atom is 0.267 e. The Balaban J connectivity index is 1.96. The van der Waals surface area contributed by atoms with Crippen LogP contribution in [0.5, 0.6) is 17.2 Å². The van der Waals surface area contributed by atoms with Crippen molar-refractivity contribution in [2.45, 2.75) is 36.8 Å². The fraction of sp³-hybridized carbons (Fsp3) is 0.364. The number of rotatable bonds is 6. The third-order valence-corrected chi connectivity index (χ3v) is 7.24. The monoisotopic (exact) mass is 511 g/mol. The van der Waals surface area contributed by atoms with Gasteiger partial charge in [0.15, 0.2) is 5.11 Å². The molecular weight excluding hydrogens is 485 g/mol. The molecule has 3 N–H and O–H groups in total. The Morgan fingerprint density at radius 1 is 1.18 bits per heavy atom. The maximum atomic E-state index is 13.8. The second-order valence-corrected chi connectivity index (χ2v) is 10.1. The van der Waals surface area contributed by atoms with Gasteiger partial charge >= 0.3 is 0 Å². The fourth-order valence-corrected chi connectivity index (χ4v) is 5.06. The van der Waals surface area contributed by atoms with Crippen molar-refractivity contribution in [3.8, 4) is 17.2 Å². The van der Waals surface area contributed by atoms with Crippen molar-refractivity contribution in [2.24, 2.45) is 0 Å². The van der Waals surface area contributed by atoms with Crippen LogP contribution in [-0.2, 0) is 16.4 Å². The summed E-state index contributed by atoms with van der Waals surface area (Å²) in [5.74, 6) is -0.412. The van der Waals surface area contributed by atoms with Gasteiger partial charge in [-0.1, -0.05) is 0 Å². The Kier molecular flexibility index (Phi) is 7.22. The van der Waals surface area contributed by atoms with Gasteiger partial charge in [0.1, 0.15) is 33.6 Å². The van der Waals surface area contributed by atoms with E-state index in [-0.39, 0.29) is 33.5 Å². The van der Waals surface area contributed by atoms with Crippen molar-refractivity contribution < 1.29 is 31.8 Å². The van der Waals surface area contributed by atoms with E-state index in [1.54, 1.807) is 13.8 Å². The van der Waals surface area contributed by atoms with Crippen LogP contribution >= 0.6 is 12.2 Å². The molecule has 0 radical (unpaired) electrons. The van der Waals surface area contributed by atoms with Gasteiger partial charge in [-0.3, -0.25) is 9.52 Å². The van der Waals surface area contributed by atoms with Crippen molar-refractivity contribution in [3.05, 3.63) is 47.3 Å². The zero-order valence-corrected chi connectivity index (χ0v) is 20.9. The predicted molar refractivity (Wildman–Crippen MR) is 128 cm³/mol.